The number of carbonyl (C=O) groups is 2. The number of hydrogen-bond donors (Lipinski definition) is 1. The molecule has 0 spiro atoms. The highest BCUT2D eigenvalue weighted by molar-refractivity contribution is 6.20. The van der Waals surface area contributed by atoms with Gasteiger partial charge in [0.05, 0.1) is 12.6 Å². The third kappa shape index (κ3) is 1.61. The highest BCUT2D eigenvalue weighted by Gasteiger charge is 2.37. The lowest BCUT2D eigenvalue weighted by Gasteiger charge is -2.16. The standard InChI is InChI=1S/C11H13NO3/c1-7(13)6-12-10(14)8-4-2-3-5-9(8)11(12)15/h2,4,7,13H,3,5-6H2,1H3. The predicted octanol–water partition coefficient (Wildman–Crippen LogP) is 0.383. The van der Waals surface area contributed by atoms with E-state index in [1.165, 1.54) is 0 Å². The number of aliphatic hydroxyl groups excluding tert-OH is 1. The first kappa shape index (κ1) is 10.1. The van der Waals surface area contributed by atoms with Crippen LogP contribution in [0, 0.1) is 0 Å². The molecule has 80 valence electrons. The van der Waals surface area contributed by atoms with E-state index in [1.807, 2.05) is 6.08 Å². The minimum atomic E-state index is -0.678. The molecular weight excluding hydrogens is 194 g/mol. The quantitative estimate of drug-likeness (QED) is 0.666. The Labute approximate surface area is 87.9 Å². The van der Waals surface area contributed by atoms with E-state index >= 15 is 0 Å². The molecule has 1 unspecified atom stereocenters. The lowest BCUT2D eigenvalue weighted by atomic mass is 10.00. The van der Waals surface area contributed by atoms with Gasteiger partial charge in [-0.1, -0.05) is 12.2 Å². The summed E-state index contributed by atoms with van der Waals surface area (Å²) < 4.78 is 0. The molecule has 0 saturated carbocycles. The first-order chi connectivity index (χ1) is 7.11. The van der Waals surface area contributed by atoms with Gasteiger partial charge in [-0.05, 0) is 19.8 Å². The van der Waals surface area contributed by atoms with Gasteiger partial charge in [-0.15, -0.1) is 0 Å². The smallest absolute Gasteiger partial charge is 0.261 e. The molecule has 4 heteroatoms. The zero-order valence-electron chi connectivity index (χ0n) is 8.56. The highest BCUT2D eigenvalue weighted by Crippen LogP contribution is 2.28. The minimum Gasteiger partial charge on any atom is -0.392 e. The van der Waals surface area contributed by atoms with E-state index in [0.29, 0.717) is 17.6 Å². The van der Waals surface area contributed by atoms with Crippen molar-refractivity contribution in [1.29, 1.82) is 0 Å². The van der Waals surface area contributed by atoms with Crippen molar-refractivity contribution in [1.82, 2.24) is 4.90 Å². The van der Waals surface area contributed by atoms with Crippen LogP contribution in [-0.2, 0) is 9.59 Å². The third-order valence-corrected chi connectivity index (χ3v) is 2.60. The molecule has 1 N–H and O–H groups in total. The Bertz CT molecular complexity index is 379. The van der Waals surface area contributed by atoms with E-state index in [0.717, 1.165) is 11.3 Å². The molecule has 1 aliphatic carbocycles. The Morgan fingerprint density at radius 3 is 2.80 bits per heavy atom. The molecule has 0 aromatic heterocycles. The molecule has 2 amide bonds. The van der Waals surface area contributed by atoms with Crippen LogP contribution in [0.2, 0.25) is 0 Å². The lowest BCUT2D eigenvalue weighted by molar-refractivity contribution is -0.139. The Morgan fingerprint density at radius 1 is 1.47 bits per heavy atom. The minimum absolute atomic E-state index is 0.0819. The zero-order valence-corrected chi connectivity index (χ0v) is 8.56. The SMILES string of the molecule is CC(O)CN1C(=O)C2=C(CCC=C2)C1=O. The summed E-state index contributed by atoms with van der Waals surface area (Å²) in [6.07, 6.45) is 4.37. The van der Waals surface area contributed by atoms with Crippen LogP contribution in [0.15, 0.2) is 23.3 Å². The molecule has 0 saturated heterocycles. The number of rotatable bonds is 2. The van der Waals surface area contributed by atoms with Crippen LogP contribution in [0.4, 0.5) is 0 Å². The fourth-order valence-electron chi connectivity index (χ4n) is 1.92. The van der Waals surface area contributed by atoms with E-state index in [4.69, 9.17) is 0 Å². The van der Waals surface area contributed by atoms with Crippen molar-refractivity contribution in [3.63, 3.8) is 0 Å². The fourth-order valence-corrected chi connectivity index (χ4v) is 1.92. The maximum atomic E-state index is 11.8. The van der Waals surface area contributed by atoms with Gasteiger partial charge in [-0.25, -0.2) is 0 Å². The molecule has 2 aliphatic rings. The van der Waals surface area contributed by atoms with Gasteiger partial charge in [-0.3, -0.25) is 14.5 Å². The van der Waals surface area contributed by atoms with Crippen molar-refractivity contribution in [2.45, 2.75) is 25.9 Å². The van der Waals surface area contributed by atoms with Crippen LogP contribution in [-0.4, -0.2) is 34.5 Å². The first-order valence-electron chi connectivity index (χ1n) is 5.05. The van der Waals surface area contributed by atoms with Crippen LogP contribution < -0.4 is 0 Å². The van der Waals surface area contributed by atoms with E-state index < -0.39 is 6.10 Å². The molecule has 0 aromatic carbocycles. The van der Waals surface area contributed by atoms with E-state index in [-0.39, 0.29) is 18.4 Å². The van der Waals surface area contributed by atoms with Gasteiger partial charge in [0, 0.05) is 11.1 Å². The van der Waals surface area contributed by atoms with E-state index in [1.54, 1.807) is 13.0 Å². The number of nitrogens with zero attached hydrogens (tertiary/aromatic N) is 1. The normalized spacial score (nSPS) is 22.4. The molecular formula is C11H13NO3. The van der Waals surface area contributed by atoms with E-state index in [2.05, 4.69) is 0 Å². The van der Waals surface area contributed by atoms with Crippen LogP contribution >= 0.6 is 0 Å². The van der Waals surface area contributed by atoms with Crippen LogP contribution in [0.1, 0.15) is 19.8 Å². The van der Waals surface area contributed by atoms with Crippen LogP contribution in [0.5, 0.6) is 0 Å². The number of carbonyl (C=O) groups excluding carboxylic acids is 2. The van der Waals surface area contributed by atoms with Gasteiger partial charge in [-0.2, -0.15) is 0 Å². The maximum Gasteiger partial charge on any atom is 0.261 e. The summed E-state index contributed by atoms with van der Waals surface area (Å²) >= 11 is 0. The molecule has 0 aromatic rings. The van der Waals surface area contributed by atoms with Gasteiger partial charge in [0.2, 0.25) is 0 Å². The summed E-state index contributed by atoms with van der Waals surface area (Å²) in [6, 6.07) is 0. The molecule has 0 radical (unpaired) electrons. The van der Waals surface area contributed by atoms with Gasteiger partial charge in [0.1, 0.15) is 0 Å². The molecule has 2 rings (SSSR count). The Kier molecular flexibility index (Phi) is 2.44. The first-order valence-corrected chi connectivity index (χ1v) is 5.05. The molecule has 0 fully saturated rings. The zero-order chi connectivity index (χ0) is 11.0. The third-order valence-electron chi connectivity index (χ3n) is 2.60. The molecule has 1 heterocycles. The summed E-state index contributed by atoms with van der Waals surface area (Å²) in [5.41, 5.74) is 1.11. The van der Waals surface area contributed by atoms with Gasteiger partial charge in [0.25, 0.3) is 11.8 Å². The molecule has 1 aliphatic heterocycles. The second-order valence-electron chi connectivity index (χ2n) is 3.90. The predicted molar refractivity (Wildman–Crippen MR) is 53.8 cm³/mol. The number of hydrogen-bond acceptors (Lipinski definition) is 3. The van der Waals surface area contributed by atoms with Crippen molar-refractivity contribution < 1.29 is 14.7 Å². The second-order valence-corrected chi connectivity index (χ2v) is 3.90. The number of imide groups is 1. The van der Waals surface area contributed by atoms with Gasteiger partial charge >= 0.3 is 0 Å². The number of amides is 2. The van der Waals surface area contributed by atoms with Crippen molar-refractivity contribution >= 4 is 11.8 Å². The maximum absolute atomic E-state index is 11.8. The summed E-state index contributed by atoms with van der Waals surface area (Å²) in [7, 11) is 0. The fraction of sp³-hybridized carbons (Fsp3) is 0.455. The molecule has 1 atom stereocenters. The number of aliphatic hydroxyl groups is 1. The Morgan fingerprint density at radius 2 is 2.20 bits per heavy atom. The average molecular weight is 207 g/mol. The molecule has 4 nitrogen and oxygen atoms in total. The second kappa shape index (κ2) is 3.62. The van der Waals surface area contributed by atoms with Crippen LogP contribution in [0.25, 0.3) is 0 Å². The Balaban J connectivity index is 2.26. The number of β-amino-alcohol motifs (C(OH)–C–C–N with tert-alkyl or cyclic N) is 1. The monoisotopic (exact) mass is 207 g/mol. The topological polar surface area (TPSA) is 57.6 Å². The van der Waals surface area contributed by atoms with Gasteiger partial charge in [0.15, 0.2) is 0 Å². The van der Waals surface area contributed by atoms with Crippen molar-refractivity contribution in [2.24, 2.45) is 0 Å². The lowest BCUT2D eigenvalue weighted by Crippen LogP contribution is -2.37. The molecule has 0 bridgehead atoms. The van der Waals surface area contributed by atoms with Crippen LogP contribution in [0.3, 0.4) is 0 Å². The van der Waals surface area contributed by atoms with Crippen molar-refractivity contribution in [3.8, 4) is 0 Å². The van der Waals surface area contributed by atoms with E-state index in [9.17, 15) is 14.7 Å². The molecule has 15 heavy (non-hydrogen) atoms. The van der Waals surface area contributed by atoms with Crippen molar-refractivity contribution in [3.05, 3.63) is 23.3 Å². The summed E-state index contributed by atoms with van der Waals surface area (Å²) in [4.78, 5) is 24.7. The summed E-state index contributed by atoms with van der Waals surface area (Å²) in [5.74, 6) is -0.507. The highest BCUT2D eigenvalue weighted by atomic mass is 16.3. The summed E-state index contributed by atoms with van der Waals surface area (Å²) in [5, 5.41) is 9.20. The average Bonchev–Trinajstić information content (AvgIpc) is 2.44. The Hall–Kier alpha value is -1.42. The summed E-state index contributed by atoms with van der Waals surface area (Å²) in [6.45, 7) is 1.65. The largest absolute Gasteiger partial charge is 0.392 e. The number of allylic oxidation sites excluding steroid dienone is 1. The van der Waals surface area contributed by atoms with Crippen molar-refractivity contribution in [2.75, 3.05) is 6.54 Å². The van der Waals surface area contributed by atoms with Gasteiger partial charge < -0.3 is 5.11 Å².